The van der Waals surface area contributed by atoms with Crippen molar-refractivity contribution >= 4 is 17.6 Å². The summed E-state index contributed by atoms with van der Waals surface area (Å²) < 4.78 is 0. The zero-order valence-corrected chi connectivity index (χ0v) is 12.4. The molecule has 2 amide bonds. The molecule has 0 aromatic carbocycles. The van der Waals surface area contributed by atoms with Crippen molar-refractivity contribution in [3.05, 3.63) is 23.9 Å². The Bertz CT molecular complexity index is 486. The van der Waals surface area contributed by atoms with E-state index in [9.17, 15) is 9.59 Å². The first-order valence-corrected chi connectivity index (χ1v) is 6.61. The predicted molar refractivity (Wildman–Crippen MR) is 78.6 cm³/mol. The number of aromatic nitrogens is 1. The number of pyridine rings is 1. The number of anilines is 1. The number of carbonyl (C=O) groups excluding carboxylic acids is 2. The van der Waals surface area contributed by atoms with Crippen LogP contribution in [-0.2, 0) is 4.79 Å². The van der Waals surface area contributed by atoms with Gasteiger partial charge in [0.25, 0.3) is 5.91 Å². The van der Waals surface area contributed by atoms with E-state index in [1.807, 2.05) is 6.92 Å². The van der Waals surface area contributed by atoms with Gasteiger partial charge in [0.05, 0.1) is 5.41 Å². The average molecular weight is 278 g/mol. The largest absolute Gasteiger partial charge is 0.370 e. The van der Waals surface area contributed by atoms with Crippen LogP contribution in [-0.4, -0.2) is 36.9 Å². The minimum absolute atomic E-state index is 0.110. The third kappa shape index (κ3) is 4.22. The topological polar surface area (TPSA) is 83.1 Å². The Morgan fingerprint density at radius 3 is 2.65 bits per heavy atom. The van der Waals surface area contributed by atoms with E-state index in [1.54, 1.807) is 39.2 Å². The molecule has 0 aliphatic carbocycles. The summed E-state index contributed by atoms with van der Waals surface area (Å²) in [6.07, 6.45) is 1.58. The van der Waals surface area contributed by atoms with Gasteiger partial charge in [-0.3, -0.25) is 9.59 Å². The summed E-state index contributed by atoms with van der Waals surface area (Å²) in [5.74, 6) is 0.329. The van der Waals surface area contributed by atoms with Gasteiger partial charge in [0.15, 0.2) is 0 Å². The highest BCUT2D eigenvalue weighted by Crippen LogP contribution is 2.14. The van der Waals surface area contributed by atoms with Crippen LogP contribution in [0.2, 0.25) is 0 Å². The van der Waals surface area contributed by atoms with Crippen molar-refractivity contribution in [1.29, 1.82) is 0 Å². The highest BCUT2D eigenvalue weighted by atomic mass is 16.2. The molecule has 1 aromatic heterocycles. The van der Waals surface area contributed by atoms with Crippen molar-refractivity contribution in [3.63, 3.8) is 0 Å². The molecule has 110 valence electrons. The molecule has 3 N–H and O–H groups in total. The van der Waals surface area contributed by atoms with Crippen molar-refractivity contribution in [2.75, 3.05) is 25.5 Å². The lowest BCUT2D eigenvalue weighted by molar-refractivity contribution is -0.128. The molecule has 1 aromatic rings. The summed E-state index contributed by atoms with van der Waals surface area (Å²) in [5, 5.41) is 8.40. The maximum atomic E-state index is 12.1. The van der Waals surface area contributed by atoms with Crippen LogP contribution in [0.3, 0.4) is 0 Å². The van der Waals surface area contributed by atoms with Crippen LogP contribution in [0, 0.1) is 5.41 Å². The predicted octanol–water partition coefficient (Wildman–Crippen LogP) is 1.02. The first-order valence-electron chi connectivity index (χ1n) is 6.61. The summed E-state index contributed by atoms with van der Waals surface area (Å²) in [6, 6.07) is 3.33. The second-order valence-corrected chi connectivity index (χ2v) is 5.11. The molecule has 0 atom stereocenters. The smallest absolute Gasteiger partial charge is 0.251 e. The Balaban J connectivity index is 2.67. The first-order chi connectivity index (χ1) is 9.40. The van der Waals surface area contributed by atoms with Crippen LogP contribution in [0.1, 0.15) is 31.1 Å². The molecule has 0 spiro atoms. The molecule has 0 aliphatic heterocycles. The summed E-state index contributed by atoms with van der Waals surface area (Å²) >= 11 is 0. The highest BCUT2D eigenvalue weighted by molar-refractivity contribution is 5.95. The maximum Gasteiger partial charge on any atom is 0.251 e. The monoisotopic (exact) mass is 278 g/mol. The molecule has 0 bridgehead atoms. The van der Waals surface area contributed by atoms with Gasteiger partial charge in [-0.15, -0.1) is 0 Å². The third-order valence-corrected chi connectivity index (χ3v) is 2.91. The Morgan fingerprint density at radius 1 is 1.35 bits per heavy atom. The second-order valence-electron chi connectivity index (χ2n) is 5.11. The third-order valence-electron chi connectivity index (χ3n) is 2.91. The molecular weight excluding hydrogens is 256 g/mol. The van der Waals surface area contributed by atoms with E-state index in [0.717, 1.165) is 6.54 Å². The Labute approximate surface area is 119 Å². The molecule has 1 rings (SSSR count). The Hall–Kier alpha value is -2.11. The quantitative estimate of drug-likeness (QED) is 0.725. The number of nitrogens with one attached hydrogen (secondary N) is 3. The van der Waals surface area contributed by atoms with E-state index in [1.165, 1.54) is 0 Å². The number of amides is 2. The van der Waals surface area contributed by atoms with Crippen LogP contribution < -0.4 is 16.0 Å². The molecule has 0 saturated carbocycles. The summed E-state index contributed by atoms with van der Waals surface area (Å²) in [4.78, 5) is 27.8. The van der Waals surface area contributed by atoms with Crippen molar-refractivity contribution in [1.82, 2.24) is 15.6 Å². The minimum atomic E-state index is -0.651. The lowest BCUT2D eigenvalue weighted by Crippen LogP contribution is -2.43. The van der Waals surface area contributed by atoms with Crippen LogP contribution in [0.5, 0.6) is 0 Å². The van der Waals surface area contributed by atoms with Crippen molar-refractivity contribution < 1.29 is 9.59 Å². The van der Waals surface area contributed by atoms with E-state index < -0.39 is 5.41 Å². The second kappa shape index (κ2) is 6.88. The molecule has 1 heterocycles. The van der Waals surface area contributed by atoms with Gasteiger partial charge in [0.2, 0.25) is 5.91 Å². The molecule has 6 heteroatoms. The summed E-state index contributed by atoms with van der Waals surface area (Å²) in [6.45, 7) is 6.53. The zero-order valence-electron chi connectivity index (χ0n) is 12.4. The molecule has 0 radical (unpaired) electrons. The van der Waals surface area contributed by atoms with Gasteiger partial charge in [-0.25, -0.2) is 4.98 Å². The van der Waals surface area contributed by atoms with Gasteiger partial charge < -0.3 is 16.0 Å². The van der Waals surface area contributed by atoms with E-state index in [0.29, 0.717) is 11.4 Å². The molecular formula is C14H22N4O2. The number of hydrogen-bond acceptors (Lipinski definition) is 4. The van der Waals surface area contributed by atoms with Crippen molar-refractivity contribution in [2.45, 2.75) is 20.8 Å². The normalized spacial score (nSPS) is 10.8. The SMILES string of the molecule is CCNc1cc(C(=O)NCC(C)(C)C(=O)NC)ccn1. The van der Waals surface area contributed by atoms with E-state index in [4.69, 9.17) is 0 Å². The standard InChI is InChI=1S/C14H22N4O2/c1-5-16-11-8-10(6-7-17-11)12(19)18-9-14(2,3)13(20)15-4/h6-8H,5,9H2,1-4H3,(H,15,20)(H,16,17)(H,18,19). The highest BCUT2D eigenvalue weighted by Gasteiger charge is 2.27. The molecule has 20 heavy (non-hydrogen) atoms. The number of nitrogens with zero attached hydrogens (tertiary/aromatic N) is 1. The van der Waals surface area contributed by atoms with Crippen molar-refractivity contribution in [3.8, 4) is 0 Å². The van der Waals surface area contributed by atoms with Gasteiger partial charge in [-0.05, 0) is 32.9 Å². The summed E-state index contributed by atoms with van der Waals surface area (Å²) in [5.41, 5.74) is -0.134. The fourth-order valence-electron chi connectivity index (χ4n) is 1.67. The van der Waals surface area contributed by atoms with Gasteiger partial charge in [-0.2, -0.15) is 0 Å². The molecule has 6 nitrogen and oxygen atoms in total. The maximum absolute atomic E-state index is 12.1. The van der Waals surface area contributed by atoms with Crippen LogP contribution in [0.4, 0.5) is 5.82 Å². The number of rotatable bonds is 6. The lowest BCUT2D eigenvalue weighted by atomic mass is 9.92. The fourth-order valence-corrected chi connectivity index (χ4v) is 1.67. The Kier molecular flexibility index (Phi) is 5.49. The number of hydrogen-bond donors (Lipinski definition) is 3. The molecule has 0 saturated heterocycles. The number of carbonyl (C=O) groups is 2. The molecule has 0 fully saturated rings. The van der Waals surface area contributed by atoms with Crippen LogP contribution in [0.15, 0.2) is 18.3 Å². The molecule has 0 aliphatic rings. The lowest BCUT2D eigenvalue weighted by Gasteiger charge is -2.22. The van der Waals surface area contributed by atoms with Gasteiger partial charge in [-0.1, -0.05) is 0 Å². The molecule has 0 unspecified atom stereocenters. The summed E-state index contributed by atoms with van der Waals surface area (Å²) in [7, 11) is 1.58. The van der Waals surface area contributed by atoms with E-state index in [2.05, 4.69) is 20.9 Å². The zero-order chi connectivity index (χ0) is 15.2. The van der Waals surface area contributed by atoms with E-state index >= 15 is 0 Å². The van der Waals surface area contributed by atoms with Gasteiger partial charge in [0.1, 0.15) is 5.82 Å². The average Bonchev–Trinajstić information content (AvgIpc) is 2.44. The van der Waals surface area contributed by atoms with E-state index in [-0.39, 0.29) is 18.4 Å². The minimum Gasteiger partial charge on any atom is -0.370 e. The Morgan fingerprint density at radius 2 is 2.05 bits per heavy atom. The fraction of sp³-hybridized carbons (Fsp3) is 0.500. The van der Waals surface area contributed by atoms with Crippen LogP contribution >= 0.6 is 0 Å². The van der Waals surface area contributed by atoms with Gasteiger partial charge in [0, 0.05) is 31.9 Å². The first kappa shape index (κ1) is 15.9. The van der Waals surface area contributed by atoms with Crippen LogP contribution in [0.25, 0.3) is 0 Å². The van der Waals surface area contributed by atoms with Gasteiger partial charge >= 0.3 is 0 Å². The van der Waals surface area contributed by atoms with Crippen molar-refractivity contribution in [2.24, 2.45) is 5.41 Å².